The van der Waals surface area contributed by atoms with E-state index in [9.17, 15) is 5.26 Å². The van der Waals surface area contributed by atoms with Crippen LogP contribution in [0.3, 0.4) is 0 Å². The van der Waals surface area contributed by atoms with E-state index in [1.807, 2.05) is 36.2 Å². The molecule has 1 aromatic carbocycles. The van der Waals surface area contributed by atoms with E-state index in [4.69, 9.17) is 13.7 Å². The van der Waals surface area contributed by atoms with Crippen molar-refractivity contribution in [3.05, 3.63) is 41.7 Å². The summed E-state index contributed by atoms with van der Waals surface area (Å²) in [5.74, 6) is 2.67. The number of rotatable bonds is 6. The highest BCUT2D eigenvalue weighted by Gasteiger charge is 2.18. The van der Waals surface area contributed by atoms with Gasteiger partial charge in [0.15, 0.2) is 5.82 Å². The molecule has 0 saturated heterocycles. The Kier molecular flexibility index (Phi) is 4.66. The Balaban J connectivity index is 1.78. The molecule has 8 heteroatoms. The van der Waals surface area contributed by atoms with E-state index in [0.717, 1.165) is 11.3 Å². The number of likely N-dealkylation sites (N-methyl/N-ethyl adjacent to an activating group) is 1. The molecule has 0 saturated carbocycles. The number of aromatic nitrogens is 3. The second-order valence-electron chi connectivity index (χ2n) is 5.41. The SMILES string of the molecule is COc1ccc(-c2nc(C#N)c(N(C)CCc3noc(C)n3)o2)cc1. The summed E-state index contributed by atoms with van der Waals surface area (Å²) in [5, 5.41) is 13.2. The van der Waals surface area contributed by atoms with Crippen molar-refractivity contribution in [1.82, 2.24) is 15.1 Å². The monoisotopic (exact) mass is 339 g/mol. The van der Waals surface area contributed by atoms with Crippen molar-refractivity contribution in [2.45, 2.75) is 13.3 Å². The van der Waals surface area contributed by atoms with Crippen LogP contribution in [0.25, 0.3) is 11.5 Å². The van der Waals surface area contributed by atoms with E-state index in [-0.39, 0.29) is 5.69 Å². The second-order valence-corrected chi connectivity index (χ2v) is 5.41. The fourth-order valence-electron chi connectivity index (χ4n) is 2.31. The van der Waals surface area contributed by atoms with E-state index >= 15 is 0 Å². The molecule has 0 fully saturated rings. The molecule has 3 aromatic rings. The van der Waals surface area contributed by atoms with Crippen LogP contribution in [0.15, 0.2) is 33.2 Å². The molecule has 3 rings (SSSR count). The summed E-state index contributed by atoms with van der Waals surface area (Å²) in [4.78, 5) is 10.2. The van der Waals surface area contributed by atoms with Crippen molar-refractivity contribution >= 4 is 5.88 Å². The van der Waals surface area contributed by atoms with Crippen LogP contribution in [-0.2, 0) is 6.42 Å². The van der Waals surface area contributed by atoms with Crippen LogP contribution in [0.1, 0.15) is 17.4 Å². The van der Waals surface area contributed by atoms with Crippen molar-refractivity contribution in [1.29, 1.82) is 5.26 Å². The van der Waals surface area contributed by atoms with Gasteiger partial charge in [0.1, 0.15) is 11.8 Å². The first-order valence-electron chi connectivity index (χ1n) is 7.66. The molecule has 0 radical (unpaired) electrons. The van der Waals surface area contributed by atoms with Gasteiger partial charge < -0.3 is 18.6 Å². The van der Waals surface area contributed by atoms with Crippen LogP contribution in [0.2, 0.25) is 0 Å². The lowest BCUT2D eigenvalue weighted by molar-refractivity contribution is 0.387. The standard InChI is InChI=1S/C17H17N5O3/c1-11-19-15(21-25-11)8-9-22(2)17-14(10-18)20-16(24-17)12-4-6-13(23-3)7-5-12/h4-7H,8-9H2,1-3H3. The van der Waals surface area contributed by atoms with Crippen LogP contribution in [0.5, 0.6) is 5.75 Å². The van der Waals surface area contributed by atoms with Crippen molar-refractivity contribution in [3.8, 4) is 23.3 Å². The molecule has 0 unspecified atom stereocenters. The molecule has 25 heavy (non-hydrogen) atoms. The fourth-order valence-corrected chi connectivity index (χ4v) is 2.31. The zero-order chi connectivity index (χ0) is 17.8. The third kappa shape index (κ3) is 3.61. The average molecular weight is 339 g/mol. The third-order valence-corrected chi connectivity index (χ3v) is 3.64. The summed E-state index contributed by atoms with van der Waals surface area (Å²) >= 11 is 0. The molecule has 0 N–H and O–H groups in total. The minimum atomic E-state index is 0.234. The average Bonchev–Trinajstić information content (AvgIpc) is 3.26. The first kappa shape index (κ1) is 16.5. The van der Waals surface area contributed by atoms with Gasteiger partial charge in [-0.15, -0.1) is 0 Å². The minimum absolute atomic E-state index is 0.234. The number of aryl methyl sites for hydroxylation is 1. The van der Waals surface area contributed by atoms with Gasteiger partial charge in [-0.2, -0.15) is 15.2 Å². The van der Waals surface area contributed by atoms with Crippen molar-refractivity contribution in [2.75, 3.05) is 25.6 Å². The van der Waals surface area contributed by atoms with Crippen molar-refractivity contribution in [2.24, 2.45) is 0 Å². The highest BCUT2D eigenvalue weighted by Crippen LogP contribution is 2.28. The van der Waals surface area contributed by atoms with Crippen molar-refractivity contribution in [3.63, 3.8) is 0 Å². The number of nitrogens with zero attached hydrogens (tertiary/aromatic N) is 5. The lowest BCUT2D eigenvalue weighted by atomic mass is 10.2. The minimum Gasteiger partial charge on any atom is -0.497 e. The number of nitriles is 1. The molecule has 0 aliphatic carbocycles. The lowest BCUT2D eigenvalue weighted by Gasteiger charge is -2.14. The van der Waals surface area contributed by atoms with Gasteiger partial charge in [-0.05, 0) is 24.3 Å². The zero-order valence-electron chi connectivity index (χ0n) is 14.2. The molecule has 2 heterocycles. The Hall–Kier alpha value is -3.34. The first-order valence-corrected chi connectivity index (χ1v) is 7.66. The molecule has 0 spiro atoms. The van der Waals surface area contributed by atoms with Gasteiger partial charge in [0.25, 0.3) is 0 Å². The maximum Gasteiger partial charge on any atom is 0.234 e. The highest BCUT2D eigenvalue weighted by molar-refractivity contribution is 5.60. The quantitative estimate of drug-likeness (QED) is 0.675. The summed E-state index contributed by atoms with van der Waals surface area (Å²) in [7, 11) is 3.43. The highest BCUT2D eigenvalue weighted by atomic mass is 16.5. The molecular formula is C17H17N5O3. The molecule has 0 bridgehead atoms. The first-order chi connectivity index (χ1) is 12.1. The summed E-state index contributed by atoms with van der Waals surface area (Å²) in [5.41, 5.74) is 1.00. The van der Waals surface area contributed by atoms with E-state index in [1.54, 1.807) is 14.0 Å². The summed E-state index contributed by atoms with van der Waals surface area (Å²) < 4.78 is 15.9. The summed E-state index contributed by atoms with van der Waals surface area (Å²) in [6.07, 6.45) is 0.567. The molecule has 0 atom stereocenters. The van der Waals surface area contributed by atoms with E-state index in [0.29, 0.717) is 36.5 Å². The van der Waals surface area contributed by atoms with Gasteiger partial charge >= 0.3 is 0 Å². The maximum absolute atomic E-state index is 9.34. The van der Waals surface area contributed by atoms with Crippen LogP contribution < -0.4 is 9.64 Å². The van der Waals surface area contributed by atoms with Crippen molar-refractivity contribution < 1.29 is 13.7 Å². The maximum atomic E-state index is 9.34. The Labute approximate surface area is 144 Å². The number of ether oxygens (including phenoxy) is 1. The van der Waals surface area contributed by atoms with Crippen LogP contribution in [-0.4, -0.2) is 35.8 Å². The predicted octanol–water partition coefficient (Wildman–Crippen LogP) is 2.59. The van der Waals surface area contributed by atoms with Gasteiger partial charge in [-0.25, -0.2) is 0 Å². The van der Waals surface area contributed by atoms with Gasteiger partial charge in [0.2, 0.25) is 23.4 Å². The van der Waals surface area contributed by atoms with Gasteiger partial charge in [-0.3, -0.25) is 0 Å². The number of hydrogen-bond acceptors (Lipinski definition) is 8. The number of anilines is 1. The zero-order valence-corrected chi connectivity index (χ0v) is 14.2. The van der Waals surface area contributed by atoms with E-state index in [2.05, 4.69) is 21.2 Å². The molecular weight excluding hydrogens is 322 g/mol. The number of methoxy groups -OCH3 is 1. The topological polar surface area (TPSA) is 101 Å². The molecule has 0 amide bonds. The summed E-state index contributed by atoms with van der Waals surface area (Å²) in [6, 6.07) is 9.36. The second kappa shape index (κ2) is 7.05. The normalized spacial score (nSPS) is 10.5. The largest absolute Gasteiger partial charge is 0.497 e. The molecule has 128 valence electrons. The Morgan fingerprint density at radius 3 is 2.60 bits per heavy atom. The Morgan fingerprint density at radius 2 is 2.00 bits per heavy atom. The molecule has 0 aliphatic heterocycles. The van der Waals surface area contributed by atoms with Gasteiger partial charge in [0, 0.05) is 32.5 Å². The van der Waals surface area contributed by atoms with Crippen LogP contribution in [0.4, 0.5) is 5.88 Å². The fraction of sp³-hybridized carbons (Fsp3) is 0.294. The molecule has 8 nitrogen and oxygen atoms in total. The van der Waals surface area contributed by atoms with Gasteiger partial charge in [0.05, 0.1) is 7.11 Å². The van der Waals surface area contributed by atoms with Crippen LogP contribution in [0, 0.1) is 18.3 Å². The third-order valence-electron chi connectivity index (χ3n) is 3.64. The number of oxazole rings is 1. The number of hydrogen-bond donors (Lipinski definition) is 0. The lowest BCUT2D eigenvalue weighted by Crippen LogP contribution is -2.21. The van der Waals surface area contributed by atoms with E-state index < -0.39 is 0 Å². The number of benzene rings is 1. The van der Waals surface area contributed by atoms with E-state index in [1.165, 1.54) is 0 Å². The molecule has 0 aliphatic rings. The summed E-state index contributed by atoms with van der Waals surface area (Å²) in [6.45, 7) is 2.30. The smallest absolute Gasteiger partial charge is 0.234 e. The Morgan fingerprint density at radius 1 is 1.24 bits per heavy atom. The Bertz CT molecular complexity index is 892. The van der Waals surface area contributed by atoms with Crippen LogP contribution >= 0.6 is 0 Å². The molecule has 2 aromatic heterocycles. The van der Waals surface area contributed by atoms with Gasteiger partial charge in [-0.1, -0.05) is 5.16 Å². The predicted molar refractivity (Wildman–Crippen MR) is 89.2 cm³/mol.